The van der Waals surface area contributed by atoms with E-state index in [-0.39, 0.29) is 5.91 Å². The summed E-state index contributed by atoms with van der Waals surface area (Å²) in [7, 11) is 0. The summed E-state index contributed by atoms with van der Waals surface area (Å²) in [5, 5.41) is 0. The highest BCUT2D eigenvalue weighted by Gasteiger charge is 2.47. The van der Waals surface area contributed by atoms with Crippen LogP contribution in [0.2, 0.25) is 0 Å². The second-order valence-electron chi connectivity index (χ2n) is 4.90. The molecule has 0 radical (unpaired) electrons. The first-order chi connectivity index (χ1) is 8.04. The van der Waals surface area contributed by atoms with E-state index in [1.54, 1.807) is 4.57 Å². The van der Waals surface area contributed by atoms with Gasteiger partial charge in [0.15, 0.2) is 0 Å². The molecule has 0 bridgehead atoms. The second-order valence-corrected chi connectivity index (χ2v) is 4.90. The summed E-state index contributed by atoms with van der Waals surface area (Å²) in [5.41, 5.74) is 1.42. The maximum Gasteiger partial charge on any atom is 0.245 e. The Morgan fingerprint density at radius 2 is 1.82 bits per heavy atom. The van der Waals surface area contributed by atoms with Gasteiger partial charge >= 0.3 is 0 Å². The summed E-state index contributed by atoms with van der Waals surface area (Å²) in [4.78, 5) is 16.2. The molecule has 1 aliphatic rings. The zero-order valence-electron chi connectivity index (χ0n) is 10.8. The molecule has 3 nitrogen and oxygen atoms in total. The van der Waals surface area contributed by atoms with Gasteiger partial charge in [0.25, 0.3) is 0 Å². The summed E-state index contributed by atoms with van der Waals surface area (Å²) in [6.07, 6.45) is 1.25. The van der Waals surface area contributed by atoms with Crippen molar-refractivity contribution in [3.8, 4) is 0 Å². The molecule has 0 aliphatic carbocycles. The first kappa shape index (κ1) is 11.8. The molecule has 3 rings (SSSR count). The highest BCUT2D eigenvalue weighted by molar-refractivity contribution is 6.03. The molecule has 2 heterocycles. The third kappa shape index (κ3) is 1.57. The fraction of sp³-hybridized carbons (Fsp3) is 0.429. The molecule has 3 heteroatoms. The van der Waals surface area contributed by atoms with E-state index in [0.29, 0.717) is 0 Å². The van der Waals surface area contributed by atoms with Gasteiger partial charge < -0.3 is 0 Å². The van der Waals surface area contributed by atoms with E-state index in [2.05, 4.69) is 18.8 Å². The van der Waals surface area contributed by atoms with Gasteiger partial charge in [-0.1, -0.05) is 32.4 Å². The van der Waals surface area contributed by atoms with Gasteiger partial charge in [0.1, 0.15) is 11.2 Å². The zero-order valence-corrected chi connectivity index (χ0v) is 10.8. The van der Waals surface area contributed by atoms with Crippen molar-refractivity contribution in [3.05, 3.63) is 30.1 Å². The van der Waals surface area contributed by atoms with Gasteiger partial charge in [0.05, 0.1) is 11.0 Å². The number of imidazole rings is 1. The maximum atomic E-state index is 11.8. The van der Waals surface area contributed by atoms with E-state index in [1.807, 2.05) is 38.1 Å². The number of hydrogen-bond acceptors (Lipinski definition) is 2. The van der Waals surface area contributed by atoms with E-state index in [0.717, 1.165) is 16.9 Å². The van der Waals surface area contributed by atoms with Crippen LogP contribution < -0.4 is 0 Å². The number of carbonyl (C=O) groups excluding carboxylic acids is 1. The number of nitrogens with zero attached hydrogens (tertiary/aromatic N) is 2. The smallest absolute Gasteiger partial charge is 0.245 e. The highest BCUT2D eigenvalue weighted by atomic mass is 16.2. The van der Waals surface area contributed by atoms with Crippen LogP contribution in [0, 0.1) is 0 Å². The van der Waals surface area contributed by atoms with Crippen LogP contribution in [0.25, 0.3) is 11.0 Å². The Bertz CT molecular complexity index is 567. The van der Waals surface area contributed by atoms with Crippen LogP contribution in [-0.2, 0) is 5.41 Å². The van der Waals surface area contributed by atoms with Crippen LogP contribution in [0.5, 0.6) is 0 Å². The molecule has 1 aromatic carbocycles. The minimum atomic E-state index is -0.404. The Balaban J connectivity index is 0.000000329. The molecule has 0 atom stereocenters. The summed E-state index contributed by atoms with van der Waals surface area (Å²) in [6.45, 7) is 8.08. The van der Waals surface area contributed by atoms with E-state index in [1.165, 1.54) is 6.42 Å². The number of fused-ring (bicyclic) bond motifs is 3. The Morgan fingerprint density at radius 1 is 1.24 bits per heavy atom. The molecular weight excluding hydrogens is 212 g/mol. The lowest BCUT2D eigenvalue weighted by molar-refractivity contribution is 0.0731. The molecule has 0 unspecified atom stereocenters. The molecule has 1 aliphatic heterocycles. The standard InChI is InChI=1S/C11H10N2O.C3H8/c1-11(2)9-12-7-5-3-4-6-8(7)13(9)10(11)14;1-3-2/h3-6H,1-2H3;3H2,1-2H3. The molecule has 0 saturated carbocycles. The molecule has 0 amide bonds. The predicted octanol–water partition coefficient (Wildman–Crippen LogP) is 3.38. The topological polar surface area (TPSA) is 34.9 Å². The minimum absolute atomic E-state index is 0.140. The van der Waals surface area contributed by atoms with E-state index in [9.17, 15) is 4.79 Å². The van der Waals surface area contributed by atoms with Crippen molar-refractivity contribution in [1.82, 2.24) is 9.55 Å². The summed E-state index contributed by atoms with van der Waals surface area (Å²) < 4.78 is 1.70. The summed E-state index contributed by atoms with van der Waals surface area (Å²) in [5.74, 6) is 1.02. The number of carbonyl (C=O) groups is 1. The van der Waals surface area contributed by atoms with Gasteiger partial charge in [-0.3, -0.25) is 9.36 Å². The van der Waals surface area contributed by atoms with Crippen molar-refractivity contribution >= 4 is 16.9 Å². The number of aromatic nitrogens is 2. The zero-order chi connectivity index (χ0) is 12.6. The van der Waals surface area contributed by atoms with Crippen molar-refractivity contribution < 1.29 is 4.79 Å². The van der Waals surface area contributed by atoms with Crippen LogP contribution in [0.15, 0.2) is 24.3 Å². The van der Waals surface area contributed by atoms with Gasteiger partial charge in [-0.15, -0.1) is 0 Å². The average molecular weight is 230 g/mol. The Hall–Kier alpha value is -1.64. The lowest BCUT2D eigenvalue weighted by Crippen LogP contribution is -2.47. The second kappa shape index (κ2) is 3.99. The lowest BCUT2D eigenvalue weighted by atomic mass is 9.85. The summed E-state index contributed by atoms with van der Waals surface area (Å²) in [6, 6.07) is 7.73. The van der Waals surface area contributed by atoms with Crippen molar-refractivity contribution in [1.29, 1.82) is 0 Å². The quantitative estimate of drug-likeness (QED) is 0.695. The predicted molar refractivity (Wildman–Crippen MR) is 69.4 cm³/mol. The first-order valence-corrected chi connectivity index (χ1v) is 6.06. The molecule has 0 saturated heterocycles. The summed E-state index contributed by atoms with van der Waals surface area (Å²) >= 11 is 0. The molecule has 90 valence electrons. The molecule has 17 heavy (non-hydrogen) atoms. The van der Waals surface area contributed by atoms with Gasteiger partial charge in [0.2, 0.25) is 5.91 Å². The number of benzene rings is 1. The third-order valence-corrected chi connectivity index (χ3v) is 2.86. The van der Waals surface area contributed by atoms with Crippen LogP contribution in [0.1, 0.15) is 44.7 Å². The van der Waals surface area contributed by atoms with E-state index in [4.69, 9.17) is 0 Å². The molecule has 2 aromatic rings. The van der Waals surface area contributed by atoms with Crippen molar-refractivity contribution in [2.75, 3.05) is 0 Å². The Labute approximate surface area is 101 Å². The fourth-order valence-corrected chi connectivity index (χ4v) is 1.97. The van der Waals surface area contributed by atoms with Crippen molar-refractivity contribution in [2.45, 2.75) is 39.5 Å². The largest absolute Gasteiger partial charge is 0.273 e. The van der Waals surface area contributed by atoms with Gasteiger partial charge in [-0.2, -0.15) is 0 Å². The number of para-hydroxylation sites is 2. The normalized spacial score (nSPS) is 15.9. The van der Waals surface area contributed by atoms with Crippen LogP contribution in [0.4, 0.5) is 0 Å². The first-order valence-electron chi connectivity index (χ1n) is 6.06. The van der Waals surface area contributed by atoms with E-state index < -0.39 is 5.41 Å². The number of hydrogen-bond donors (Lipinski definition) is 0. The van der Waals surface area contributed by atoms with Crippen LogP contribution >= 0.6 is 0 Å². The van der Waals surface area contributed by atoms with Crippen LogP contribution in [0.3, 0.4) is 0 Å². The van der Waals surface area contributed by atoms with Crippen LogP contribution in [-0.4, -0.2) is 15.5 Å². The Morgan fingerprint density at radius 3 is 2.47 bits per heavy atom. The molecule has 0 N–H and O–H groups in total. The molecule has 0 spiro atoms. The average Bonchev–Trinajstić information content (AvgIpc) is 2.67. The lowest BCUT2D eigenvalue weighted by Gasteiger charge is -2.33. The highest BCUT2D eigenvalue weighted by Crippen LogP contribution is 2.37. The molecule has 0 fully saturated rings. The third-order valence-electron chi connectivity index (χ3n) is 2.86. The molecule has 1 aromatic heterocycles. The molecular formula is C14H18N2O. The fourth-order valence-electron chi connectivity index (χ4n) is 1.97. The monoisotopic (exact) mass is 230 g/mol. The number of rotatable bonds is 0. The van der Waals surface area contributed by atoms with Gasteiger partial charge in [-0.25, -0.2) is 4.98 Å². The minimum Gasteiger partial charge on any atom is -0.273 e. The van der Waals surface area contributed by atoms with E-state index >= 15 is 0 Å². The maximum absolute atomic E-state index is 11.8. The van der Waals surface area contributed by atoms with Gasteiger partial charge in [0, 0.05) is 0 Å². The van der Waals surface area contributed by atoms with Gasteiger partial charge in [-0.05, 0) is 26.0 Å². The van der Waals surface area contributed by atoms with Crippen molar-refractivity contribution in [3.63, 3.8) is 0 Å². The SMILES string of the molecule is CC1(C)C(=O)n2c1nc1ccccc12.CCC. The van der Waals surface area contributed by atoms with Crippen molar-refractivity contribution in [2.24, 2.45) is 0 Å². The Kier molecular flexibility index (Phi) is 2.77.